The molecule has 2 saturated heterocycles. The van der Waals surface area contributed by atoms with Gasteiger partial charge in [-0.2, -0.15) is 0 Å². The predicted molar refractivity (Wildman–Crippen MR) is 54.2 cm³/mol. The van der Waals surface area contributed by atoms with E-state index in [4.69, 9.17) is 14.2 Å². The highest BCUT2D eigenvalue weighted by Gasteiger charge is 2.49. The summed E-state index contributed by atoms with van der Waals surface area (Å²) in [7, 11) is 0. The summed E-state index contributed by atoms with van der Waals surface area (Å²) < 4.78 is 16.6. The van der Waals surface area contributed by atoms with Crippen LogP contribution in [0, 0.1) is 0 Å². The minimum atomic E-state index is -0.163. The molecule has 3 heteroatoms. The highest BCUT2D eigenvalue weighted by Crippen LogP contribution is 2.34. The van der Waals surface area contributed by atoms with E-state index in [1.807, 2.05) is 30.3 Å². The maximum atomic E-state index is 5.68. The maximum absolute atomic E-state index is 5.68. The summed E-state index contributed by atoms with van der Waals surface area (Å²) in [6, 6.07) is 10.1. The van der Waals surface area contributed by atoms with E-state index >= 15 is 0 Å². The highest BCUT2D eigenvalue weighted by atomic mass is 16.7. The first-order valence-corrected chi connectivity index (χ1v) is 5.36. The van der Waals surface area contributed by atoms with Crippen molar-refractivity contribution < 1.29 is 14.2 Å². The summed E-state index contributed by atoms with van der Waals surface area (Å²) in [6.07, 6.45) is 1.42. The topological polar surface area (TPSA) is 31.0 Å². The molecule has 0 bridgehead atoms. The van der Waals surface area contributed by atoms with Crippen LogP contribution in [0.5, 0.6) is 0 Å². The summed E-state index contributed by atoms with van der Waals surface area (Å²) in [4.78, 5) is 0. The second kappa shape index (κ2) is 3.93. The van der Waals surface area contributed by atoms with Gasteiger partial charge < -0.3 is 14.2 Å². The molecule has 2 fully saturated rings. The van der Waals surface area contributed by atoms with Gasteiger partial charge in [-0.25, -0.2) is 0 Å². The van der Waals surface area contributed by atoms with Crippen LogP contribution in [0.15, 0.2) is 30.3 Å². The van der Waals surface area contributed by atoms with E-state index < -0.39 is 0 Å². The van der Waals surface area contributed by atoms with Gasteiger partial charge in [0.05, 0.1) is 19.3 Å². The van der Waals surface area contributed by atoms with Crippen LogP contribution in [0.25, 0.3) is 0 Å². The zero-order valence-corrected chi connectivity index (χ0v) is 8.46. The minimum absolute atomic E-state index is 0.163. The van der Waals surface area contributed by atoms with Gasteiger partial charge in [-0.05, 0) is 12.0 Å². The molecule has 15 heavy (non-hydrogen) atoms. The monoisotopic (exact) mass is 206 g/mol. The van der Waals surface area contributed by atoms with E-state index in [2.05, 4.69) is 0 Å². The van der Waals surface area contributed by atoms with Crippen LogP contribution >= 0.6 is 0 Å². The molecule has 1 aromatic rings. The van der Waals surface area contributed by atoms with Crippen molar-refractivity contribution in [2.24, 2.45) is 0 Å². The average Bonchev–Trinajstić information content (AvgIpc) is 3.07. The second-order valence-corrected chi connectivity index (χ2v) is 3.96. The van der Waals surface area contributed by atoms with Gasteiger partial charge in [-0.15, -0.1) is 0 Å². The Bertz CT molecular complexity index is 325. The standard InChI is InChI=1S/C12H14O3/c1-2-4-9(5-3-1)8-14-12-11-10(15-11)6-7-13-12/h1-5,10-12H,6-8H2/t10-,11-,12-/m0/s1. The summed E-state index contributed by atoms with van der Waals surface area (Å²) in [6.45, 7) is 1.35. The van der Waals surface area contributed by atoms with Gasteiger partial charge in [0.25, 0.3) is 0 Å². The minimum Gasteiger partial charge on any atom is -0.364 e. The number of hydrogen-bond acceptors (Lipinski definition) is 3. The fourth-order valence-electron chi connectivity index (χ4n) is 1.92. The number of benzene rings is 1. The van der Waals surface area contributed by atoms with Crippen molar-refractivity contribution in [3.63, 3.8) is 0 Å². The van der Waals surface area contributed by atoms with Crippen LogP contribution in [0.4, 0.5) is 0 Å². The second-order valence-electron chi connectivity index (χ2n) is 3.96. The van der Waals surface area contributed by atoms with Crippen molar-refractivity contribution in [1.82, 2.24) is 0 Å². The van der Waals surface area contributed by atoms with E-state index in [1.165, 1.54) is 5.56 Å². The lowest BCUT2D eigenvalue weighted by Gasteiger charge is -2.19. The van der Waals surface area contributed by atoms with E-state index in [1.54, 1.807) is 0 Å². The Labute approximate surface area is 89.0 Å². The van der Waals surface area contributed by atoms with Gasteiger partial charge >= 0.3 is 0 Å². The first-order valence-electron chi connectivity index (χ1n) is 5.36. The number of rotatable bonds is 3. The average molecular weight is 206 g/mol. The fraction of sp³-hybridized carbons (Fsp3) is 0.500. The molecule has 0 N–H and O–H groups in total. The zero-order valence-electron chi connectivity index (χ0n) is 8.46. The number of hydrogen-bond donors (Lipinski definition) is 0. The smallest absolute Gasteiger partial charge is 0.186 e. The summed E-state index contributed by atoms with van der Waals surface area (Å²) in [5, 5.41) is 0. The van der Waals surface area contributed by atoms with Crippen molar-refractivity contribution >= 4 is 0 Å². The predicted octanol–water partition coefficient (Wildman–Crippen LogP) is 1.72. The summed E-state index contributed by atoms with van der Waals surface area (Å²) in [5.74, 6) is 0. The van der Waals surface area contributed by atoms with Crippen molar-refractivity contribution in [2.45, 2.75) is 31.5 Å². The van der Waals surface area contributed by atoms with Gasteiger partial charge in [-0.1, -0.05) is 30.3 Å². The lowest BCUT2D eigenvalue weighted by Crippen LogP contribution is -2.29. The quantitative estimate of drug-likeness (QED) is 0.705. The van der Waals surface area contributed by atoms with E-state index in [-0.39, 0.29) is 12.4 Å². The molecule has 0 radical (unpaired) electrons. The van der Waals surface area contributed by atoms with Crippen LogP contribution in [0.3, 0.4) is 0 Å². The lowest BCUT2D eigenvalue weighted by molar-refractivity contribution is -0.165. The fourth-order valence-corrected chi connectivity index (χ4v) is 1.92. The molecule has 80 valence electrons. The zero-order chi connectivity index (χ0) is 10.1. The Balaban J connectivity index is 1.54. The molecule has 0 saturated carbocycles. The van der Waals surface area contributed by atoms with Crippen molar-refractivity contribution in [3.05, 3.63) is 35.9 Å². The van der Waals surface area contributed by atoms with Crippen LogP contribution < -0.4 is 0 Å². The number of epoxide rings is 1. The molecule has 2 aliphatic heterocycles. The van der Waals surface area contributed by atoms with Crippen LogP contribution in [-0.4, -0.2) is 25.1 Å². The first-order chi connectivity index (χ1) is 7.43. The van der Waals surface area contributed by atoms with E-state index in [0.717, 1.165) is 13.0 Å². The highest BCUT2D eigenvalue weighted by molar-refractivity contribution is 5.13. The SMILES string of the molecule is c1ccc(CO[C@@H]2OCC[C@@H]3O[C@H]23)cc1. The molecule has 3 nitrogen and oxygen atoms in total. The largest absolute Gasteiger partial charge is 0.364 e. The third-order valence-electron chi connectivity index (χ3n) is 2.83. The van der Waals surface area contributed by atoms with Gasteiger partial charge in [0.1, 0.15) is 6.10 Å². The van der Waals surface area contributed by atoms with Gasteiger partial charge in [0.15, 0.2) is 6.29 Å². The third-order valence-corrected chi connectivity index (χ3v) is 2.83. The first kappa shape index (κ1) is 9.33. The van der Waals surface area contributed by atoms with Crippen LogP contribution in [0.2, 0.25) is 0 Å². The molecule has 0 unspecified atom stereocenters. The molecule has 0 amide bonds. The van der Waals surface area contributed by atoms with Crippen molar-refractivity contribution in [3.8, 4) is 0 Å². The van der Waals surface area contributed by atoms with Crippen LogP contribution in [0.1, 0.15) is 12.0 Å². The Morgan fingerprint density at radius 1 is 1.27 bits per heavy atom. The lowest BCUT2D eigenvalue weighted by atomic mass is 10.2. The summed E-state index contributed by atoms with van der Waals surface area (Å²) in [5.41, 5.74) is 1.17. The Morgan fingerprint density at radius 3 is 3.00 bits per heavy atom. The van der Waals surface area contributed by atoms with Crippen LogP contribution in [-0.2, 0) is 20.8 Å². The van der Waals surface area contributed by atoms with Gasteiger partial charge in [0, 0.05) is 0 Å². The molecule has 0 aromatic heterocycles. The molecule has 3 atom stereocenters. The van der Waals surface area contributed by atoms with Gasteiger partial charge in [0.2, 0.25) is 0 Å². The van der Waals surface area contributed by atoms with E-state index in [9.17, 15) is 0 Å². The maximum Gasteiger partial charge on any atom is 0.186 e. The number of fused-ring (bicyclic) bond motifs is 1. The molecule has 0 aliphatic carbocycles. The Hall–Kier alpha value is -0.900. The van der Waals surface area contributed by atoms with Gasteiger partial charge in [-0.3, -0.25) is 0 Å². The molecular weight excluding hydrogens is 192 g/mol. The third kappa shape index (κ3) is 2.04. The van der Waals surface area contributed by atoms with Crippen molar-refractivity contribution in [1.29, 1.82) is 0 Å². The van der Waals surface area contributed by atoms with Crippen molar-refractivity contribution in [2.75, 3.05) is 6.61 Å². The number of ether oxygens (including phenoxy) is 3. The molecule has 3 rings (SSSR count). The Morgan fingerprint density at radius 2 is 2.13 bits per heavy atom. The normalized spacial score (nSPS) is 33.5. The van der Waals surface area contributed by atoms with E-state index in [0.29, 0.717) is 12.7 Å². The molecular formula is C12H14O3. The molecule has 1 aromatic carbocycles. The molecule has 0 spiro atoms. The summed E-state index contributed by atoms with van der Waals surface area (Å²) >= 11 is 0. The molecule has 2 heterocycles. The molecule has 2 aliphatic rings. The Kier molecular flexibility index (Phi) is 2.44.